The molecule has 22 heavy (non-hydrogen) atoms. The molecule has 2 aromatic carbocycles. The van der Waals surface area contributed by atoms with E-state index in [9.17, 15) is 0 Å². The van der Waals surface area contributed by atoms with Crippen molar-refractivity contribution in [3.63, 3.8) is 0 Å². The molecule has 3 rings (SSSR count). The second-order valence-electron chi connectivity index (χ2n) is 4.34. The molecule has 0 atom stereocenters. The van der Waals surface area contributed by atoms with E-state index in [1.807, 2.05) is 24.3 Å². The average Bonchev–Trinajstić information content (AvgIpc) is 2.57. The topological polar surface area (TPSA) is 95.2 Å². The van der Waals surface area contributed by atoms with Crippen LogP contribution in [0.1, 0.15) is 22.3 Å². The maximum atomic E-state index is 9.10. The molecule has 0 amide bonds. The molecule has 4 nitrogen and oxygen atoms in total. The minimum absolute atomic E-state index is 0.340. The SMILES string of the molecule is N#Cc1cc2c(cc1C#N)Sc1cc(C#N)c(C#N)cc1S2. The number of nitriles is 4. The van der Waals surface area contributed by atoms with Crippen molar-refractivity contribution < 1.29 is 0 Å². The quantitative estimate of drug-likeness (QED) is 0.626. The first kappa shape index (κ1) is 14.1. The number of benzene rings is 2. The van der Waals surface area contributed by atoms with Gasteiger partial charge in [-0.3, -0.25) is 0 Å². The van der Waals surface area contributed by atoms with Gasteiger partial charge in [-0.15, -0.1) is 0 Å². The molecular formula is C16H4N4S2. The van der Waals surface area contributed by atoms with Gasteiger partial charge in [-0.25, -0.2) is 0 Å². The average molecular weight is 316 g/mol. The van der Waals surface area contributed by atoms with E-state index < -0.39 is 0 Å². The van der Waals surface area contributed by atoms with Gasteiger partial charge in [-0.05, 0) is 24.3 Å². The third kappa shape index (κ3) is 2.18. The normalized spacial score (nSPS) is 11.1. The van der Waals surface area contributed by atoms with Crippen molar-refractivity contribution in [3.8, 4) is 24.3 Å². The highest BCUT2D eigenvalue weighted by atomic mass is 32.2. The molecule has 0 unspecified atom stereocenters. The molecule has 100 valence electrons. The summed E-state index contributed by atoms with van der Waals surface area (Å²) in [7, 11) is 0. The van der Waals surface area contributed by atoms with E-state index in [0.717, 1.165) is 19.6 Å². The standard InChI is InChI=1S/C16H4N4S2/c17-5-9-1-13-14(2-10(9)6-18)22-16-4-12(8-20)11(7-19)3-15(16)21-13/h1-4H. The molecule has 0 radical (unpaired) electrons. The van der Waals surface area contributed by atoms with Gasteiger partial charge in [0.1, 0.15) is 24.3 Å². The van der Waals surface area contributed by atoms with Gasteiger partial charge in [0.15, 0.2) is 0 Å². The van der Waals surface area contributed by atoms with Crippen LogP contribution in [-0.2, 0) is 0 Å². The Kier molecular flexibility index (Phi) is 3.50. The van der Waals surface area contributed by atoms with E-state index in [0.29, 0.717) is 22.3 Å². The van der Waals surface area contributed by atoms with Crippen molar-refractivity contribution in [1.29, 1.82) is 21.0 Å². The Morgan fingerprint density at radius 3 is 0.909 bits per heavy atom. The third-order valence-corrected chi connectivity index (χ3v) is 5.58. The number of hydrogen-bond acceptors (Lipinski definition) is 6. The molecule has 1 aliphatic heterocycles. The Bertz CT molecular complexity index is 822. The summed E-state index contributed by atoms with van der Waals surface area (Å²) in [5, 5.41) is 36.4. The largest absolute Gasteiger partial charge is 0.192 e. The fourth-order valence-electron chi connectivity index (χ4n) is 2.05. The first-order chi connectivity index (χ1) is 10.7. The van der Waals surface area contributed by atoms with Gasteiger partial charge in [-0.1, -0.05) is 23.5 Å². The van der Waals surface area contributed by atoms with Crippen molar-refractivity contribution in [2.24, 2.45) is 0 Å². The van der Waals surface area contributed by atoms with Crippen LogP contribution in [0.4, 0.5) is 0 Å². The lowest BCUT2D eigenvalue weighted by molar-refractivity contribution is 1.13. The van der Waals surface area contributed by atoms with Crippen LogP contribution in [0.5, 0.6) is 0 Å². The molecule has 0 saturated carbocycles. The van der Waals surface area contributed by atoms with Gasteiger partial charge in [0.2, 0.25) is 0 Å². The Hall–Kier alpha value is -2.90. The maximum Gasteiger partial charge on any atom is 0.101 e. The summed E-state index contributed by atoms with van der Waals surface area (Å²) < 4.78 is 0. The van der Waals surface area contributed by atoms with Crippen LogP contribution in [0.2, 0.25) is 0 Å². The Morgan fingerprint density at radius 1 is 0.500 bits per heavy atom. The van der Waals surface area contributed by atoms with Gasteiger partial charge in [-0.2, -0.15) is 21.0 Å². The molecule has 0 N–H and O–H groups in total. The summed E-state index contributed by atoms with van der Waals surface area (Å²) in [4.78, 5) is 3.51. The minimum Gasteiger partial charge on any atom is -0.192 e. The van der Waals surface area contributed by atoms with Crippen LogP contribution in [0.25, 0.3) is 0 Å². The van der Waals surface area contributed by atoms with E-state index in [-0.39, 0.29) is 0 Å². The summed E-state index contributed by atoms with van der Waals surface area (Å²) in [6, 6.07) is 14.9. The van der Waals surface area contributed by atoms with Crippen LogP contribution < -0.4 is 0 Å². The molecule has 2 aromatic rings. The summed E-state index contributed by atoms with van der Waals surface area (Å²) in [5.41, 5.74) is 1.36. The molecule has 0 aromatic heterocycles. The van der Waals surface area contributed by atoms with Crippen LogP contribution in [0.15, 0.2) is 43.8 Å². The lowest BCUT2D eigenvalue weighted by Crippen LogP contribution is -1.96. The zero-order chi connectivity index (χ0) is 15.7. The van der Waals surface area contributed by atoms with Crippen LogP contribution >= 0.6 is 23.5 Å². The van der Waals surface area contributed by atoms with Gasteiger partial charge in [0.25, 0.3) is 0 Å². The van der Waals surface area contributed by atoms with Crippen molar-refractivity contribution >= 4 is 23.5 Å². The van der Waals surface area contributed by atoms with E-state index in [4.69, 9.17) is 21.0 Å². The van der Waals surface area contributed by atoms with Crippen molar-refractivity contribution in [2.45, 2.75) is 19.6 Å². The van der Waals surface area contributed by atoms with Crippen molar-refractivity contribution in [2.75, 3.05) is 0 Å². The first-order valence-corrected chi connectivity index (χ1v) is 7.65. The zero-order valence-corrected chi connectivity index (χ0v) is 12.5. The monoisotopic (exact) mass is 316 g/mol. The fourth-order valence-corrected chi connectivity index (χ4v) is 4.36. The highest BCUT2D eigenvalue weighted by Gasteiger charge is 2.21. The Balaban J connectivity index is 2.16. The van der Waals surface area contributed by atoms with E-state index in [1.165, 1.54) is 23.5 Å². The van der Waals surface area contributed by atoms with E-state index in [1.54, 1.807) is 24.3 Å². The number of rotatable bonds is 0. The smallest absolute Gasteiger partial charge is 0.101 e. The van der Waals surface area contributed by atoms with Gasteiger partial charge in [0.05, 0.1) is 22.3 Å². The minimum atomic E-state index is 0.340. The van der Waals surface area contributed by atoms with Crippen molar-refractivity contribution in [1.82, 2.24) is 0 Å². The summed E-state index contributed by atoms with van der Waals surface area (Å²) in [6.07, 6.45) is 0. The maximum absolute atomic E-state index is 9.10. The van der Waals surface area contributed by atoms with Crippen LogP contribution in [0.3, 0.4) is 0 Å². The second kappa shape index (κ2) is 5.47. The molecule has 6 heteroatoms. The number of fused-ring (bicyclic) bond motifs is 2. The highest BCUT2D eigenvalue weighted by Crippen LogP contribution is 2.49. The van der Waals surface area contributed by atoms with Crippen molar-refractivity contribution in [3.05, 3.63) is 46.5 Å². The molecule has 0 fully saturated rings. The van der Waals surface area contributed by atoms with Gasteiger partial charge in [0, 0.05) is 19.6 Å². The number of hydrogen-bond donors (Lipinski definition) is 0. The van der Waals surface area contributed by atoms with E-state index in [2.05, 4.69) is 0 Å². The zero-order valence-electron chi connectivity index (χ0n) is 10.9. The summed E-state index contributed by atoms with van der Waals surface area (Å²) in [6.45, 7) is 0. The summed E-state index contributed by atoms with van der Waals surface area (Å²) in [5.74, 6) is 0. The van der Waals surface area contributed by atoms with Crippen LogP contribution in [0, 0.1) is 45.3 Å². The molecule has 0 spiro atoms. The second-order valence-corrected chi connectivity index (χ2v) is 6.51. The fraction of sp³-hybridized carbons (Fsp3) is 0. The van der Waals surface area contributed by atoms with Gasteiger partial charge >= 0.3 is 0 Å². The molecule has 0 saturated heterocycles. The molecule has 0 bridgehead atoms. The molecule has 1 aliphatic rings. The summed E-state index contributed by atoms with van der Waals surface area (Å²) >= 11 is 2.88. The molecular weight excluding hydrogens is 312 g/mol. The number of nitrogens with zero attached hydrogens (tertiary/aromatic N) is 4. The third-order valence-electron chi connectivity index (χ3n) is 3.09. The van der Waals surface area contributed by atoms with Crippen LogP contribution in [-0.4, -0.2) is 0 Å². The molecule has 0 aliphatic carbocycles. The predicted octanol–water partition coefficient (Wildman–Crippen LogP) is 3.79. The molecule has 1 heterocycles. The Labute approximate surface area is 135 Å². The lowest BCUT2D eigenvalue weighted by atomic mass is 10.1. The lowest BCUT2D eigenvalue weighted by Gasteiger charge is -2.19. The van der Waals surface area contributed by atoms with Gasteiger partial charge < -0.3 is 0 Å². The Morgan fingerprint density at radius 2 is 0.727 bits per heavy atom. The predicted molar refractivity (Wildman–Crippen MR) is 80.0 cm³/mol. The van der Waals surface area contributed by atoms with E-state index >= 15 is 0 Å². The first-order valence-electron chi connectivity index (χ1n) is 6.02. The highest BCUT2D eigenvalue weighted by molar-refractivity contribution is 8.05.